The first-order chi connectivity index (χ1) is 7.77. The minimum absolute atomic E-state index is 0.111. The molecule has 0 aliphatic carbocycles. The van der Waals surface area contributed by atoms with E-state index in [9.17, 15) is 8.42 Å². The molecule has 0 heterocycles. The molecule has 17 heavy (non-hydrogen) atoms. The molecule has 0 aromatic rings. The quantitative estimate of drug-likeness (QED) is 0.603. The summed E-state index contributed by atoms with van der Waals surface area (Å²) in [6.45, 7) is 6.31. The van der Waals surface area contributed by atoms with E-state index in [1.165, 1.54) is 0 Å². The fourth-order valence-electron chi connectivity index (χ4n) is 1.38. The zero-order chi connectivity index (χ0) is 13.4. The summed E-state index contributed by atoms with van der Waals surface area (Å²) in [4.78, 5) is 0. The highest BCUT2D eigenvalue weighted by Crippen LogP contribution is 2.20. The third-order valence-corrected chi connectivity index (χ3v) is 3.14. The SMILES string of the molecule is CC(C)(CCC#N)CNCCCNS(C)(=O)=O. The summed E-state index contributed by atoms with van der Waals surface area (Å²) in [5.74, 6) is 0. The predicted octanol–water partition coefficient (Wildman–Crippen LogP) is 0.845. The molecule has 0 aliphatic rings. The molecule has 2 N–H and O–H groups in total. The third-order valence-electron chi connectivity index (χ3n) is 2.41. The van der Waals surface area contributed by atoms with Crippen molar-refractivity contribution in [2.45, 2.75) is 33.1 Å². The Balaban J connectivity index is 3.54. The molecule has 0 amide bonds. The maximum atomic E-state index is 10.8. The van der Waals surface area contributed by atoms with Crippen molar-refractivity contribution in [1.29, 1.82) is 5.26 Å². The lowest BCUT2D eigenvalue weighted by Crippen LogP contribution is -2.32. The van der Waals surface area contributed by atoms with Gasteiger partial charge in [-0.05, 0) is 24.8 Å². The molecule has 0 rings (SSSR count). The van der Waals surface area contributed by atoms with Gasteiger partial charge in [-0.1, -0.05) is 13.8 Å². The lowest BCUT2D eigenvalue weighted by Gasteiger charge is -2.23. The van der Waals surface area contributed by atoms with Crippen LogP contribution < -0.4 is 10.0 Å². The van der Waals surface area contributed by atoms with Crippen molar-refractivity contribution in [3.63, 3.8) is 0 Å². The van der Waals surface area contributed by atoms with Gasteiger partial charge in [0.15, 0.2) is 0 Å². The molecule has 0 aliphatic heterocycles. The Morgan fingerprint density at radius 2 is 1.94 bits per heavy atom. The van der Waals surface area contributed by atoms with Crippen molar-refractivity contribution < 1.29 is 8.42 Å². The average Bonchev–Trinajstić information content (AvgIpc) is 2.19. The lowest BCUT2D eigenvalue weighted by atomic mass is 9.88. The van der Waals surface area contributed by atoms with Crippen LogP contribution in [-0.2, 0) is 10.0 Å². The fraction of sp³-hybridized carbons (Fsp3) is 0.909. The number of sulfonamides is 1. The van der Waals surface area contributed by atoms with Gasteiger partial charge in [0.05, 0.1) is 12.3 Å². The van der Waals surface area contributed by atoms with Gasteiger partial charge >= 0.3 is 0 Å². The van der Waals surface area contributed by atoms with Gasteiger partial charge in [-0.3, -0.25) is 0 Å². The van der Waals surface area contributed by atoms with Crippen LogP contribution in [0.25, 0.3) is 0 Å². The highest BCUT2D eigenvalue weighted by Gasteiger charge is 2.16. The number of nitrogens with one attached hydrogen (secondary N) is 2. The van der Waals surface area contributed by atoms with E-state index in [1.54, 1.807) is 0 Å². The Kier molecular flexibility index (Phi) is 7.35. The van der Waals surface area contributed by atoms with Gasteiger partial charge in [0, 0.05) is 19.5 Å². The highest BCUT2D eigenvalue weighted by atomic mass is 32.2. The summed E-state index contributed by atoms with van der Waals surface area (Å²) >= 11 is 0. The second kappa shape index (κ2) is 7.64. The number of hydrogen-bond donors (Lipinski definition) is 2. The number of nitrogens with zero attached hydrogens (tertiary/aromatic N) is 1. The molecule has 0 saturated carbocycles. The first-order valence-electron chi connectivity index (χ1n) is 5.79. The molecule has 100 valence electrons. The first kappa shape index (κ1) is 16.4. The van der Waals surface area contributed by atoms with Gasteiger partial charge in [0.1, 0.15) is 0 Å². The Morgan fingerprint density at radius 1 is 1.29 bits per heavy atom. The first-order valence-corrected chi connectivity index (χ1v) is 7.68. The van der Waals surface area contributed by atoms with Gasteiger partial charge in [0.2, 0.25) is 10.0 Å². The summed E-state index contributed by atoms with van der Waals surface area (Å²) in [5, 5.41) is 11.8. The van der Waals surface area contributed by atoms with Crippen LogP contribution in [0.4, 0.5) is 0 Å². The van der Waals surface area contributed by atoms with Gasteiger partial charge < -0.3 is 5.32 Å². The molecule has 0 fully saturated rings. The maximum absolute atomic E-state index is 10.8. The minimum Gasteiger partial charge on any atom is -0.316 e. The molecule has 6 heteroatoms. The van der Waals surface area contributed by atoms with Crippen molar-refractivity contribution in [3.8, 4) is 6.07 Å². The van der Waals surface area contributed by atoms with Crippen LogP contribution in [0.3, 0.4) is 0 Å². The second-order valence-corrected chi connectivity index (χ2v) is 6.85. The van der Waals surface area contributed by atoms with E-state index in [4.69, 9.17) is 5.26 Å². The van der Waals surface area contributed by atoms with Crippen LogP contribution in [0.5, 0.6) is 0 Å². The standard InChI is InChI=1S/C11H23N3O2S/c1-11(2,6-4-7-12)10-13-8-5-9-14-17(3,15)16/h13-14H,4-6,8-10H2,1-3H3. The fourth-order valence-corrected chi connectivity index (χ4v) is 1.90. The Hall–Kier alpha value is -0.640. The molecular formula is C11H23N3O2S. The normalized spacial score (nSPS) is 12.4. The van der Waals surface area contributed by atoms with Crippen LogP contribution in [0, 0.1) is 16.7 Å². The Morgan fingerprint density at radius 3 is 2.47 bits per heavy atom. The van der Waals surface area contributed by atoms with Crippen molar-refractivity contribution in [2.24, 2.45) is 5.41 Å². The monoisotopic (exact) mass is 261 g/mol. The van der Waals surface area contributed by atoms with Crippen LogP contribution in [-0.4, -0.2) is 34.3 Å². The smallest absolute Gasteiger partial charge is 0.208 e. The third kappa shape index (κ3) is 11.6. The molecule has 0 aromatic carbocycles. The molecule has 0 unspecified atom stereocenters. The van der Waals surface area contributed by atoms with Gasteiger partial charge in [-0.2, -0.15) is 5.26 Å². The molecule has 5 nitrogen and oxygen atoms in total. The van der Waals surface area contributed by atoms with Crippen LogP contribution in [0.15, 0.2) is 0 Å². The molecule has 0 spiro atoms. The zero-order valence-corrected chi connectivity index (χ0v) is 11.7. The van der Waals surface area contributed by atoms with E-state index in [-0.39, 0.29) is 5.41 Å². The van der Waals surface area contributed by atoms with Crippen LogP contribution in [0.1, 0.15) is 33.1 Å². The van der Waals surface area contributed by atoms with Crippen LogP contribution >= 0.6 is 0 Å². The summed E-state index contributed by atoms with van der Waals surface area (Å²) in [6, 6.07) is 2.15. The van der Waals surface area contributed by atoms with E-state index in [1.807, 2.05) is 0 Å². The van der Waals surface area contributed by atoms with Crippen molar-refractivity contribution in [1.82, 2.24) is 10.0 Å². The highest BCUT2D eigenvalue weighted by molar-refractivity contribution is 7.88. The summed E-state index contributed by atoms with van der Waals surface area (Å²) in [6.07, 6.45) is 3.37. The number of rotatable bonds is 9. The molecular weight excluding hydrogens is 238 g/mol. The number of hydrogen-bond acceptors (Lipinski definition) is 4. The summed E-state index contributed by atoms with van der Waals surface area (Å²) in [7, 11) is -3.07. The zero-order valence-electron chi connectivity index (χ0n) is 10.9. The maximum Gasteiger partial charge on any atom is 0.208 e. The summed E-state index contributed by atoms with van der Waals surface area (Å²) < 4.78 is 24.0. The van der Waals surface area contributed by atoms with E-state index in [0.29, 0.717) is 13.0 Å². The predicted molar refractivity (Wildman–Crippen MR) is 69.0 cm³/mol. The average molecular weight is 261 g/mol. The summed E-state index contributed by atoms with van der Waals surface area (Å²) in [5.41, 5.74) is 0.111. The number of nitriles is 1. The Labute approximate surface area is 105 Å². The van der Waals surface area contributed by atoms with Gasteiger partial charge in [-0.15, -0.1) is 0 Å². The van der Waals surface area contributed by atoms with Crippen molar-refractivity contribution in [2.75, 3.05) is 25.9 Å². The largest absolute Gasteiger partial charge is 0.316 e. The van der Waals surface area contributed by atoms with Gasteiger partial charge in [-0.25, -0.2) is 13.1 Å². The van der Waals surface area contributed by atoms with Crippen molar-refractivity contribution >= 4 is 10.0 Å². The molecule has 0 radical (unpaired) electrons. The minimum atomic E-state index is -3.07. The Bertz CT molecular complexity index is 344. The lowest BCUT2D eigenvalue weighted by molar-refractivity contribution is 0.318. The van der Waals surface area contributed by atoms with E-state index in [0.717, 1.165) is 32.2 Å². The molecule has 0 saturated heterocycles. The topological polar surface area (TPSA) is 82.0 Å². The second-order valence-electron chi connectivity index (χ2n) is 5.02. The van der Waals surface area contributed by atoms with E-state index in [2.05, 4.69) is 30.0 Å². The van der Waals surface area contributed by atoms with Gasteiger partial charge in [0.25, 0.3) is 0 Å². The molecule has 0 atom stereocenters. The molecule has 0 aromatic heterocycles. The van der Waals surface area contributed by atoms with E-state index >= 15 is 0 Å². The molecule has 0 bridgehead atoms. The van der Waals surface area contributed by atoms with Crippen LogP contribution in [0.2, 0.25) is 0 Å². The van der Waals surface area contributed by atoms with Crippen molar-refractivity contribution in [3.05, 3.63) is 0 Å². The van der Waals surface area contributed by atoms with E-state index < -0.39 is 10.0 Å².